The number of para-hydroxylation sites is 1. The predicted octanol–water partition coefficient (Wildman–Crippen LogP) is 3.94. The molecule has 2 heteroatoms. The summed E-state index contributed by atoms with van der Waals surface area (Å²) in [5, 5.41) is 2.99. The van der Waals surface area contributed by atoms with Gasteiger partial charge in [-0.15, -0.1) is 0 Å². The molecule has 1 amide bonds. The van der Waals surface area contributed by atoms with Crippen molar-refractivity contribution in [2.24, 2.45) is 17.8 Å². The molecule has 1 rings (SSSR count). The van der Waals surface area contributed by atoms with Gasteiger partial charge in [-0.3, -0.25) is 4.79 Å². The number of hydrogen-bond acceptors (Lipinski definition) is 1. The molecule has 0 fully saturated rings. The van der Waals surface area contributed by atoms with Gasteiger partial charge >= 0.3 is 0 Å². The molecule has 0 bridgehead atoms. The second-order valence-corrected chi connectivity index (χ2v) is 5.34. The van der Waals surface area contributed by atoms with Crippen LogP contribution in [-0.4, -0.2) is 5.91 Å². The van der Waals surface area contributed by atoms with E-state index in [1.165, 1.54) is 0 Å². The normalized spacial score (nSPS) is 12.8. The monoisotopic (exact) mass is 233 g/mol. The molecule has 0 saturated carbocycles. The third-order valence-electron chi connectivity index (χ3n) is 2.91. The molecule has 94 valence electrons. The molecule has 0 aromatic heterocycles. The minimum absolute atomic E-state index is 0.0928. The average molecular weight is 233 g/mol. The summed E-state index contributed by atoms with van der Waals surface area (Å²) in [6, 6.07) is 9.66. The Morgan fingerprint density at radius 3 is 2.18 bits per heavy atom. The van der Waals surface area contributed by atoms with Crippen LogP contribution in [0, 0.1) is 17.8 Å². The zero-order valence-corrected chi connectivity index (χ0v) is 11.2. The SMILES string of the molecule is CC(C)C[C@@H](C(=O)Nc1ccccc1)C(C)C. The topological polar surface area (TPSA) is 29.1 Å². The summed E-state index contributed by atoms with van der Waals surface area (Å²) < 4.78 is 0. The van der Waals surface area contributed by atoms with Gasteiger partial charge in [0, 0.05) is 11.6 Å². The van der Waals surface area contributed by atoms with Crippen molar-refractivity contribution in [3.63, 3.8) is 0 Å². The molecule has 0 spiro atoms. The van der Waals surface area contributed by atoms with Gasteiger partial charge in [-0.05, 0) is 30.4 Å². The summed E-state index contributed by atoms with van der Waals surface area (Å²) in [5.74, 6) is 1.15. The summed E-state index contributed by atoms with van der Waals surface area (Å²) in [4.78, 5) is 12.2. The van der Waals surface area contributed by atoms with Gasteiger partial charge in [0.1, 0.15) is 0 Å². The summed E-state index contributed by atoms with van der Waals surface area (Å²) in [7, 11) is 0. The number of amides is 1. The maximum absolute atomic E-state index is 12.2. The van der Waals surface area contributed by atoms with Crippen LogP contribution in [0.15, 0.2) is 30.3 Å². The third kappa shape index (κ3) is 4.59. The van der Waals surface area contributed by atoms with Gasteiger partial charge < -0.3 is 5.32 Å². The molecule has 0 aliphatic carbocycles. The van der Waals surface area contributed by atoms with E-state index in [9.17, 15) is 4.79 Å². The van der Waals surface area contributed by atoms with Crippen molar-refractivity contribution >= 4 is 11.6 Å². The Bertz CT molecular complexity index is 343. The van der Waals surface area contributed by atoms with E-state index in [4.69, 9.17) is 0 Å². The van der Waals surface area contributed by atoms with E-state index < -0.39 is 0 Å². The highest BCUT2D eigenvalue weighted by Gasteiger charge is 2.23. The second-order valence-electron chi connectivity index (χ2n) is 5.34. The molecular weight excluding hydrogens is 210 g/mol. The first-order valence-electron chi connectivity index (χ1n) is 6.36. The molecule has 1 aromatic carbocycles. The highest BCUT2D eigenvalue weighted by molar-refractivity contribution is 5.92. The van der Waals surface area contributed by atoms with Crippen LogP contribution < -0.4 is 5.32 Å². The molecule has 0 saturated heterocycles. The first kappa shape index (κ1) is 13.8. The summed E-state index contributed by atoms with van der Waals surface area (Å²) in [6.07, 6.45) is 0.941. The summed E-state index contributed by atoms with van der Waals surface area (Å²) in [6.45, 7) is 8.53. The van der Waals surface area contributed by atoms with Gasteiger partial charge in [-0.2, -0.15) is 0 Å². The van der Waals surface area contributed by atoms with Gasteiger partial charge in [-0.25, -0.2) is 0 Å². The van der Waals surface area contributed by atoms with Crippen LogP contribution in [0.1, 0.15) is 34.1 Å². The molecule has 17 heavy (non-hydrogen) atoms. The van der Waals surface area contributed by atoms with Crippen LogP contribution >= 0.6 is 0 Å². The molecule has 2 nitrogen and oxygen atoms in total. The smallest absolute Gasteiger partial charge is 0.227 e. The fourth-order valence-corrected chi connectivity index (χ4v) is 1.95. The van der Waals surface area contributed by atoms with Gasteiger partial charge in [0.05, 0.1) is 0 Å². The van der Waals surface area contributed by atoms with Crippen molar-refractivity contribution in [2.45, 2.75) is 34.1 Å². The quantitative estimate of drug-likeness (QED) is 0.820. The number of carbonyl (C=O) groups is 1. The van der Waals surface area contributed by atoms with Gasteiger partial charge in [-0.1, -0.05) is 45.9 Å². The number of carbonyl (C=O) groups excluding carboxylic acids is 1. The van der Waals surface area contributed by atoms with Crippen LogP contribution in [0.2, 0.25) is 0 Å². The Morgan fingerprint density at radius 1 is 1.12 bits per heavy atom. The Hall–Kier alpha value is -1.31. The minimum atomic E-state index is 0.0928. The van der Waals surface area contributed by atoms with Crippen LogP contribution in [0.25, 0.3) is 0 Å². The van der Waals surface area contributed by atoms with Gasteiger partial charge in [0.25, 0.3) is 0 Å². The van der Waals surface area contributed by atoms with E-state index in [1.807, 2.05) is 30.3 Å². The van der Waals surface area contributed by atoms with Crippen molar-refractivity contribution in [1.82, 2.24) is 0 Å². The van der Waals surface area contributed by atoms with E-state index in [0.29, 0.717) is 11.8 Å². The Balaban J connectivity index is 2.66. The van der Waals surface area contributed by atoms with Crippen LogP contribution in [0.5, 0.6) is 0 Å². The first-order chi connectivity index (χ1) is 8.00. The van der Waals surface area contributed by atoms with Gasteiger partial charge in [0.2, 0.25) is 5.91 Å². The number of anilines is 1. The lowest BCUT2D eigenvalue weighted by Crippen LogP contribution is -2.28. The lowest BCUT2D eigenvalue weighted by atomic mass is 9.87. The molecule has 1 atom stereocenters. The first-order valence-corrected chi connectivity index (χ1v) is 6.36. The Morgan fingerprint density at radius 2 is 1.71 bits per heavy atom. The molecule has 0 aliphatic heterocycles. The number of benzene rings is 1. The lowest BCUT2D eigenvalue weighted by Gasteiger charge is -2.22. The lowest BCUT2D eigenvalue weighted by molar-refractivity contribution is -0.121. The maximum Gasteiger partial charge on any atom is 0.227 e. The summed E-state index contributed by atoms with van der Waals surface area (Å²) in [5.41, 5.74) is 0.881. The Labute approximate surface area is 104 Å². The molecule has 0 radical (unpaired) electrons. The standard InChI is InChI=1S/C15H23NO/c1-11(2)10-14(12(3)4)15(17)16-13-8-6-5-7-9-13/h5-9,11-12,14H,10H2,1-4H3,(H,16,17)/t14-/m1/s1. The van der Waals surface area contributed by atoms with E-state index in [-0.39, 0.29) is 11.8 Å². The van der Waals surface area contributed by atoms with Gasteiger partial charge in [0.15, 0.2) is 0 Å². The highest BCUT2D eigenvalue weighted by Crippen LogP contribution is 2.22. The van der Waals surface area contributed by atoms with E-state index in [2.05, 4.69) is 33.0 Å². The number of nitrogens with one attached hydrogen (secondary N) is 1. The zero-order chi connectivity index (χ0) is 12.8. The van der Waals surface area contributed by atoms with Crippen molar-refractivity contribution in [3.05, 3.63) is 30.3 Å². The average Bonchev–Trinajstić information content (AvgIpc) is 2.26. The second kappa shape index (κ2) is 6.43. The third-order valence-corrected chi connectivity index (χ3v) is 2.91. The number of rotatable bonds is 5. The molecule has 0 aliphatic rings. The van der Waals surface area contributed by atoms with E-state index >= 15 is 0 Å². The van der Waals surface area contributed by atoms with Crippen LogP contribution in [-0.2, 0) is 4.79 Å². The molecule has 1 aromatic rings. The van der Waals surface area contributed by atoms with Crippen molar-refractivity contribution in [2.75, 3.05) is 5.32 Å². The highest BCUT2D eigenvalue weighted by atomic mass is 16.1. The summed E-state index contributed by atoms with van der Waals surface area (Å²) >= 11 is 0. The Kier molecular flexibility index (Phi) is 5.20. The fourth-order valence-electron chi connectivity index (χ4n) is 1.95. The van der Waals surface area contributed by atoms with E-state index in [1.54, 1.807) is 0 Å². The number of hydrogen-bond donors (Lipinski definition) is 1. The predicted molar refractivity (Wildman–Crippen MR) is 72.9 cm³/mol. The molecular formula is C15H23NO. The largest absolute Gasteiger partial charge is 0.326 e. The molecule has 0 unspecified atom stereocenters. The van der Waals surface area contributed by atoms with Crippen molar-refractivity contribution in [3.8, 4) is 0 Å². The molecule has 0 heterocycles. The van der Waals surface area contributed by atoms with E-state index in [0.717, 1.165) is 12.1 Å². The minimum Gasteiger partial charge on any atom is -0.326 e. The fraction of sp³-hybridized carbons (Fsp3) is 0.533. The van der Waals surface area contributed by atoms with Crippen molar-refractivity contribution in [1.29, 1.82) is 0 Å². The van der Waals surface area contributed by atoms with Crippen molar-refractivity contribution < 1.29 is 4.79 Å². The van der Waals surface area contributed by atoms with Crippen LogP contribution in [0.3, 0.4) is 0 Å². The van der Waals surface area contributed by atoms with Crippen LogP contribution in [0.4, 0.5) is 5.69 Å². The zero-order valence-electron chi connectivity index (χ0n) is 11.2. The molecule has 1 N–H and O–H groups in total. The maximum atomic E-state index is 12.2.